The molecule has 0 bridgehead atoms. The van der Waals surface area contributed by atoms with E-state index < -0.39 is 32.5 Å². The van der Waals surface area contributed by atoms with Gasteiger partial charge in [0.05, 0.1) is 27.7 Å². The summed E-state index contributed by atoms with van der Waals surface area (Å²) in [5.41, 5.74) is 0. The minimum Gasteiger partial charge on any atom is -0.756 e. The van der Waals surface area contributed by atoms with Crippen molar-refractivity contribution in [2.24, 2.45) is 0 Å². The number of carbonyl (C=O) groups excluding carboxylic acids is 2. The van der Waals surface area contributed by atoms with Crippen molar-refractivity contribution in [3.63, 3.8) is 0 Å². The lowest BCUT2D eigenvalue weighted by Crippen LogP contribution is -2.37. The van der Waals surface area contributed by atoms with Crippen LogP contribution in [0.15, 0.2) is 109 Å². The van der Waals surface area contributed by atoms with E-state index in [1.54, 1.807) is 0 Å². The van der Waals surface area contributed by atoms with Crippen LogP contribution in [0.1, 0.15) is 194 Å². The molecule has 0 aliphatic carbocycles. The predicted octanol–water partition coefficient (Wildman–Crippen LogP) is 15.6. The lowest BCUT2D eigenvalue weighted by atomic mass is 10.1. The maximum Gasteiger partial charge on any atom is 0.306 e. The van der Waals surface area contributed by atoms with Crippen LogP contribution in [0.4, 0.5) is 0 Å². The topological polar surface area (TPSA) is 111 Å². The normalized spacial score (nSPS) is 14.3. The Hall–Kier alpha value is -3.33. The number of hydrogen-bond acceptors (Lipinski definition) is 8. The molecule has 68 heavy (non-hydrogen) atoms. The van der Waals surface area contributed by atoms with Gasteiger partial charge in [0, 0.05) is 12.8 Å². The highest BCUT2D eigenvalue weighted by Crippen LogP contribution is 2.38. The first-order chi connectivity index (χ1) is 33.0. The third-order valence-corrected chi connectivity index (χ3v) is 11.7. The van der Waals surface area contributed by atoms with Gasteiger partial charge in [-0.15, -0.1) is 0 Å². The fraction of sp³-hybridized carbons (Fsp3) is 0.655. The summed E-state index contributed by atoms with van der Waals surface area (Å²) in [4.78, 5) is 37.8. The molecule has 0 rings (SSSR count). The summed E-state index contributed by atoms with van der Waals surface area (Å²) in [6, 6.07) is 0. The van der Waals surface area contributed by atoms with E-state index in [9.17, 15) is 19.0 Å². The zero-order valence-corrected chi connectivity index (χ0v) is 44.7. The molecular formula is C58H98NO8P. The molecule has 0 radical (unpaired) electrons. The van der Waals surface area contributed by atoms with E-state index in [0.717, 1.165) is 109 Å². The fourth-order valence-corrected chi connectivity index (χ4v) is 7.39. The molecule has 0 saturated heterocycles. The molecule has 0 N–H and O–H groups in total. The number of quaternary nitrogens is 1. The molecule has 0 heterocycles. The van der Waals surface area contributed by atoms with Gasteiger partial charge in [0.25, 0.3) is 7.82 Å². The summed E-state index contributed by atoms with van der Waals surface area (Å²) in [7, 11) is 1.13. The maximum absolute atomic E-state index is 12.8. The van der Waals surface area contributed by atoms with Crippen molar-refractivity contribution < 1.29 is 42.1 Å². The van der Waals surface area contributed by atoms with Crippen molar-refractivity contribution >= 4 is 19.8 Å². The van der Waals surface area contributed by atoms with Crippen molar-refractivity contribution in [3.8, 4) is 0 Å². The van der Waals surface area contributed by atoms with Crippen LogP contribution in [0.2, 0.25) is 0 Å². The van der Waals surface area contributed by atoms with E-state index in [1.165, 1.54) is 44.9 Å². The van der Waals surface area contributed by atoms with Gasteiger partial charge in [0.1, 0.15) is 19.8 Å². The summed E-state index contributed by atoms with van der Waals surface area (Å²) in [5.74, 6) is -0.873. The molecule has 2 unspecified atom stereocenters. The molecule has 0 aromatic rings. The number of hydrogen-bond donors (Lipinski definition) is 0. The van der Waals surface area contributed by atoms with Gasteiger partial charge in [-0.3, -0.25) is 14.2 Å². The first-order valence-electron chi connectivity index (χ1n) is 26.6. The van der Waals surface area contributed by atoms with Gasteiger partial charge in [0.2, 0.25) is 0 Å². The van der Waals surface area contributed by atoms with Gasteiger partial charge in [-0.2, -0.15) is 0 Å². The zero-order valence-electron chi connectivity index (χ0n) is 43.8. The monoisotopic (exact) mass is 968 g/mol. The molecule has 2 atom stereocenters. The number of phosphoric ester groups is 1. The Morgan fingerprint density at radius 2 is 0.838 bits per heavy atom. The summed E-state index contributed by atoms with van der Waals surface area (Å²) >= 11 is 0. The number of unbranched alkanes of at least 4 members (excludes halogenated alkanes) is 15. The first-order valence-corrected chi connectivity index (χ1v) is 28.1. The standard InChI is InChI=1S/C58H98NO8P/c1-6-8-10-12-14-16-18-20-22-24-25-26-27-28-29-30-31-32-33-35-37-39-41-43-45-47-49-51-58(61)67-56(55-66-68(62,63)65-53-52-59(3,4)5)54-64-57(60)50-48-46-44-42-40-38-36-34-23-21-19-17-15-13-11-9-7-2/h8,10,14-17,20-23,25-26,28-29,31-32,35,37,56H,6-7,9,11-13,18-19,24,27,30,33-34,36,38-55H2,1-5H3/b10-8-,16-14-,17-15-,22-20-,23-21-,26-25-,29-28-,32-31-,37-35-. The van der Waals surface area contributed by atoms with Crippen LogP contribution in [0.25, 0.3) is 0 Å². The Kier molecular flexibility index (Phi) is 46.3. The molecule has 0 aliphatic rings. The first kappa shape index (κ1) is 64.7. The lowest BCUT2D eigenvalue weighted by Gasteiger charge is -2.28. The molecule has 0 aliphatic heterocycles. The summed E-state index contributed by atoms with van der Waals surface area (Å²) in [6.45, 7) is 4.05. The van der Waals surface area contributed by atoms with E-state index in [2.05, 4.69) is 123 Å². The summed E-state index contributed by atoms with van der Waals surface area (Å²) in [5, 5.41) is 0. The summed E-state index contributed by atoms with van der Waals surface area (Å²) < 4.78 is 34.0. The fourth-order valence-electron chi connectivity index (χ4n) is 6.66. The van der Waals surface area contributed by atoms with Gasteiger partial charge < -0.3 is 27.9 Å². The highest BCUT2D eigenvalue weighted by Gasteiger charge is 2.21. The second-order valence-corrected chi connectivity index (χ2v) is 19.9. The smallest absolute Gasteiger partial charge is 0.306 e. The molecule has 9 nitrogen and oxygen atoms in total. The lowest BCUT2D eigenvalue weighted by molar-refractivity contribution is -0.870. The van der Waals surface area contributed by atoms with Crippen LogP contribution in [0.3, 0.4) is 0 Å². The summed E-state index contributed by atoms with van der Waals surface area (Å²) in [6.07, 6.45) is 66.9. The van der Waals surface area contributed by atoms with Gasteiger partial charge in [-0.25, -0.2) is 0 Å². The van der Waals surface area contributed by atoms with E-state index >= 15 is 0 Å². The van der Waals surface area contributed by atoms with Crippen LogP contribution < -0.4 is 4.89 Å². The van der Waals surface area contributed by atoms with Gasteiger partial charge >= 0.3 is 11.9 Å². The number of esters is 2. The number of phosphoric acid groups is 1. The average molecular weight is 968 g/mol. The number of nitrogens with zero attached hydrogens (tertiary/aromatic N) is 1. The minimum absolute atomic E-state index is 0.0426. The van der Waals surface area contributed by atoms with Crippen molar-refractivity contribution in [1.82, 2.24) is 0 Å². The van der Waals surface area contributed by atoms with E-state index in [1.807, 2.05) is 21.1 Å². The van der Waals surface area contributed by atoms with Crippen LogP contribution >= 0.6 is 7.82 Å². The van der Waals surface area contributed by atoms with Crippen molar-refractivity contribution in [1.29, 1.82) is 0 Å². The Morgan fingerprint density at radius 3 is 1.25 bits per heavy atom. The van der Waals surface area contributed by atoms with E-state index in [4.69, 9.17) is 18.5 Å². The highest BCUT2D eigenvalue weighted by molar-refractivity contribution is 7.45. The third kappa shape index (κ3) is 52.0. The number of likely N-dealkylation sites (N-methyl/N-ethyl adjacent to an activating group) is 1. The second-order valence-electron chi connectivity index (χ2n) is 18.5. The molecule has 0 amide bonds. The minimum atomic E-state index is -4.65. The molecule has 0 saturated carbocycles. The zero-order chi connectivity index (χ0) is 49.9. The molecule has 0 aromatic heterocycles. The molecule has 0 spiro atoms. The third-order valence-electron chi connectivity index (χ3n) is 10.8. The Labute approximate surface area is 416 Å². The second kappa shape index (κ2) is 48.7. The number of carbonyl (C=O) groups is 2. The van der Waals surface area contributed by atoms with Crippen LogP contribution in [0.5, 0.6) is 0 Å². The van der Waals surface area contributed by atoms with Gasteiger partial charge in [-0.1, -0.05) is 187 Å². The number of rotatable bonds is 47. The molecule has 0 aromatic carbocycles. The van der Waals surface area contributed by atoms with Crippen LogP contribution in [0, 0.1) is 0 Å². The van der Waals surface area contributed by atoms with Crippen molar-refractivity contribution in [3.05, 3.63) is 109 Å². The van der Waals surface area contributed by atoms with E-state index in [0.29, 0.717) is 23.9 Å². The average Bonchev–Trinajstić information content (AvgIpc) is 3.30. The highest BCUT2D eigenvalue weighted by atomic mass is 31.2. The molecule has 0 fully saturated rings. The molecule has 10 heteroatoms. The van der Waals surface area contributed by atoms with Crippen molar-refractivity contribution in [2.45, 2.75) is 200 Å². The Balaban J connectivity index is 4.32. The number of allylic oxidation sites excluding steroid dienone is 18. The number of ether oxygens (including phenoxy) is 2. The van der Waals surface area contributed by atoms with Crippen LogP contribution in [-0.4, -0.2) is 70.0 Å². The maximum atomic E-state index is 12.8. The van der Waals surface area contributed by atoms with Gasteiger partial charge in [-0.05, 0) is 103 Å². The van der Waals surface area contributed by atoms with E-state index in [-0.39, 0.29) is 26.1 Å². The Bertz CT molecular complexity index is 1520. The van der Waals surface area contributed by atoms with Crippen LogP contribution in [-0.2, 0) is 32.7 Å². The molecular weight excluding hydrogens is 870 g/mol. The van der Waals surface area contributed by atoms with Crippen molar-refractivity contribution in [2.75, 3.05) is 47.5 Å². The predicted molar refractivity (Wildman–Crippen MR) is 286 cm³/mol. The largest absolute Gasteiger partial charge is 0.756 e. The quantitative estimate of drug-likeness (QED) is 0.0195. The molecule has 388 valence electrons. The van der Waals surface area contributed by atoms with Gasteiger partial charge in [0.15, 0.2) is 6.10 Å². The SMILES string of the molecule is CC/C=C\C/C=C\C/C=C\C/C=C\C/C=C\C/C=C\C/C=C\CCCCCCCC(=O)OC(COC(=O)CCCCCCCCC/C=C\C/C=C\CCCCC)COP(=O)([O-])OCC[N+](C)(C)C. The Morgan fingerprint density at radius 1 is 0.471 bits per heavy atom.